The summed E-state index contributed by atoms with van der Waals surface area (Å²) >= 11 is 0. The minimum Gasteiger partial charge on any atom is -0.392 e. The SMILES string of the molecule is C[C@]12CC[C@@H]3c4ccc(C(=O)N5CCCC5)cc4CC[C@H]3[C@@H]1C[C@H](Cc1cccc(C(N)=O)c1)[C@@H]2O. The molecule has 3 aliphatic carbocycles. The molecule has 3 N–H and O–H groups in total. The Labute approximate surface area is 214 Å². The third-order valence-corrected chi connectivity index (χ3v) is 10.2. The van der Waals surface area contributed by atoms with Gasteiger partial charge in [-0.1, -0.05) is 25.1 Å². The number of carbonyl (C=O) groups is 2. The van der Waals surface area contributed by atoms with Crippen LogP contribution in [0.5, 0.6) is 0 Å². The molecule has 0 spiro atoms. The quantitative estimate of drug-likeness (QED) is 0.657. The van der Waals surface area contributed by atoms with Crippen LogP contribution in [0, 0.1) is 23.2 Å². The van der Waals surface area contributed by atoms with E-state index < -0.39 is 5.91 Å². The second-order valence-electron chi connectivity index (χ2n) is 12.1. The molecular weight excluding hydrogens is 448 g/mol. The van der Waals surface area contributed by atoms with Crippen LogP contribution in [-0.2, 0) is 12.8 Å². The fourth-order valence-corrected chi connectivity index (χ4v) is 8.32. The van der Waals surface area contributed by atoms with Gasteiger partial charge in [-0.3, -0.25) is 9.59 Å². The number of aliphatic hydroxyl groups excluding tert-OH is 1. The lowest BCUT2D eigenvalue weighted by Crippen LogP contribution is -2.44. The number of aliphatic hydroxyl groups is 1. The standard InChI is InChI=1S/C31H38N2O3/c1-31-12-11-25-24-9-8-22(30(36)33-13-2-3-14-33)17-20(24)7-10-26(25)27(31)18-23(28(31)34)16-19-5-4-6-21(15-19)29(32)35/h4-6,8-9,15,17,23,25-28,34H,2-3,7,10-14,16,18H2,1H3,(H2,32,35)/t23-,25+,26+,27-,28-,31-/m0/s1. The monoisotopic (exact) mass is 486 g/mol. The predicted octanol–water partition coefficient (Wildman–Crippen LogP) is 4.71. The van der Waals surface area contributed by atoms with Gasteiger partial charge in [-0.2, -0.15) is 0 Å². The number of hydrogen-bond acceptors (Lipinski definition) is 3. The molecule has 4 aliphatic rings. The molecule has 2 aromatic rings. The van der Waals surface area contributed by atoms with Crippen LogP contribution in [0.4, 0.5) is 0 Å². The molecule has 3 fully saturated rings. The molecule has 0 unspecified atom stereocenters. The van der Waals surface area contributed by atoms with Crippen molar-refractivity contribution in [2.24, 2.45) is 28.9 Å². The Morgan fingerprint density at radius 2 is 1.89 bits per heavy atom. The Morgan fingerprint density at radius 1 is 1.08 bits per heavy atom. The molecule has 1 aliphatic heterocycles. The average molecular weight is 487 g/mol. The van der Waals surface area contributed by atoms with Crippen molar-refractivity contribution < 1.29 is 14.7 Å². The van der Waals surface area contributed by atoms with Gasteiger partial charge in [0.2, 0.25) is 5.91 Å². The fourth-order valence-electron chi connectivity index (χ4n) is 8.32. The summed E-state index contributed by atoms with van der Waals surface area (Å²) in [5.41, 5.74) is 10.7. The van der Waals surface area contributed by atoms with Gasteiger partial charge in [-0.15, -0.1) is 0 Å². The topological polar surface area (TPSA) is 83.6 Å². The Bertz CT molecular complexity index is 1190. The van der Waals surface area contributed by atoms with Gasteiger partial charge in [0.1, 0.15) is 0 Å². The van der Waals surface area contributed by atoms with Crippen LogP contribution < -0.4 is 5.73 Å². The van der Waals surface area contributed by atoms with E-state index in [1.807, 2.05) is 23.1 Å². The first-order valence-corrected chi connectivity index (χ1v) is 13.8. The summed E-state index contributed by atoms with van der Waals surface area (Å²) in [7, 11) is 0. The summed E-state index contributed by atoms with van der Waals surface area (Å²) in [5.74, 6) is 1.58. The second kappa shape index (κ2) is 9.02. The summed E-state index contributed by atoms with van der Waals surface area (Å²) < 4.78 is 0. The van der Waals surface area contributed by atoms with Crippen LogP contribution in [0.2, 0.25) is 0 Å². The van der Waals surface area contributed by atoms with Crippen molar-refractivity contribution in [1.82, 2.24) is 4.90 Å². The molecule has 6 rings (SSSR count). The van der Waals surface area contributed by atoms with Gasteiger partial charge in [0.15, 0.2) is 0 Å². The highest BCUT2D eigenvalue weighted by Gasteiger charge is 2.57. The minimum atomic E-state index is -0.404. The summed E-state index contributed by atoms with van der Waals surface area (Å²) in [5, 5.41) is 11.5. The van der Waals surface area contributed by atoms with Crippen molar-refractivity contribution in [3.8, 4) is 0 Å². The molecule has 190 valence electrons. The number of amides is 2. The second-order valence-corrected chi connectivity index (χ2v) is 12.1. The Morgan fingerprint density at radius 3 is 2.67 bits per heavy atom. The molecule has 5 heteroatoms. The lowest BCUT2D eigenvalue weighted by Gasteiger charge is -2.50. The van der Waals surface area contributed by atoms with Crippen molar-refractivity contribution in [2.45, 2.75) is 70.3 Å². The summed E-state index contributed by atoms with van der Waals surface area (Å²) in [4.78, 5) is 26.6. The van der Waals surface area contributed by atoms with E-state index in [9.17, 15) is 14.7 Å². The zero-order valence-corrected chi connectivity index (χ0v) is 21.3. The maximum Gasteiger partial charge on any atom is 0.253 e. The fraction of sp³-hybridized carbons (Fsp3) is 0.548. The maximum atomic E-state index is 13.0. The first-order chi connectivity index (χ1) is 17.3. The van der Waals surface area contributed by atoms with E-state index in [1.54, 1.807) is 6.07 Å². The molecule has 5 nitrogen and oxygen atoms in total. The van der Waals surface area contributed by atoms with E-state index in [0.29, 0.717) is 23.3 Å². The number of likely N-dealkylation sites (tertiary alicyclic amines) is 1. The first kappa shape index (κ1) is 23.7. The van der Waals surface area contributed by atoms with Crippen molar-refractivity contribution >= 4 is 11.8 Å². The van der Waals surface area contributed by atoms with E-state index in [1.165, 1.54) is 11.1 Å². The maximum absolute atomic E-state index is 13.0. The molecule has 2 amide bonds. The van der Waals surface area contributed by atoms with Crippen LogP contribution in [-0.4, -0.2) is 41.0 Å². The number of benzene rings is 2. The third-order valence-electron chi connectivity index (χ3n) is 10.2. The van der Waals surface area contributed by atoms with Crippen molar-refractivity contribution in [1.29, 1.82) is 0 Å². The van der Waals surface area contributed by atoms with Crippen molar-refractivity contribution in [3.05, 3.63) is 70.3 Å². The molecule has 1 saturated heterocycles. The lowest BCUT2D eigenvalue weighted by atomic mass is 9.55. The summed E-state index contributed by atoms with van der Waals surface area (Å²) in [6.45, 7) is 4.08. The number of rotatable bonds is 4. The molecule has 0 aromatic heterocycles. The zero-order chi connectivity index (χ0) is 25.0. The molecule has 2 aromatic carbocycles. The number of carbonyl (C=O) groups excluding carboxylic acids is 2. The van der Waals surface area contributed by atoms with E-state index >= 15 is 0 Å². The van der Waals surface area contributed by atoms with E-state index in [-0.39, 0.29) is 23.3 Å². The highest BCUT2D eigenvalue weighted by Crippen LogP contribution is 2.62. The largest absolute Gasteiger partial charge is 0.392 e. The third kappa shape index (κ3) is 3.87. The molecular formula is C31H38N2O3. The highest BCUT2D eigenvalue weighted by molar-refractivity contribution is 5.94. The number of nitrogens with two attached hydrogens (primary N) is 1. The van der Waals surface area contributed by atoms with Gasteiger partial charge < -0.3 is 15.7 Å². The van der Waals surface area contributed by atoms with E-state index in [4.69, 9.17) is 5.73 Å². The van der Waals surface area contributed by atoms with Crippen LogP contribution in [0.3, 0.4) is 0 Å². The van der Waals surface area contributed by atoms with Crippen LogP contribution in [0.25, 0.3) is 0 Å². The Balaban J connectivity index is 1.22. The molecule has 36 heavy (non-hydrogen) atoms. The number of nitrogens with zero attached hydrogens (tertiary/aromatic N) is 1. The molecule has 2 saturated carbocycles. The Kier molecular flexibility index (Phi) is 5.94. The molecule has 0 radical (unpaired) electrons. The van der Waals surface area contributed by atoms with Crippen molar-refractivity contribution in [2.75, 3.05) is 13.1 Å². The number of primary amides is 1. The molecule has 1 heterocycles. The van der Waals surface area contributed by atoms with Crippen LogP contribution >= 0.6 is 0 Å². The van der Waals surface area contributed by atoms with Gasteiger partial charge in [-0.05, 0) is 121 Å². The van der Waals surface area contributed by atoms with E-state index in [2.05, 4.69) is 25.1 Å². The van der Waals surface area contributed by atoms with Gasteiger partial charge in [0.25, 0.3) is 5.91 Å². The molecule has 6 atom stereocenters. The average Bonchev–Trinajstić information content (AvgIpc) is 3.51. The van der Waals surface area contributed by atoms with Crippen molar-refractivity contribution in [3.63, 3.8) is 0 Å². The van der Waals surface area contributed by atoms with Gasteiger partial charge in [0.05, 0.1) is 6.10 Å². The van der Waals surface area contributed by atoms with Crippen LogP contribution in [0.1, 0.15) is 88.8 Å². The zero-order valence-electron chi connectivity index (χ0n) is 21.3. The number of hydrogen-bond donors (Lipinski definition) is 2. The smallest absolute Gasteiger partial charge is 0.253 e. The predicted molar refractivity (Wildman–Crippen MR) is 140 cm³/mol. The summed E-state index contributed by atoms with van der Waals surface area (Å²) in [6.07, 6.45) is 8.00. The first-order valence-electron chi connectivity index (χ1n) is 13.8. The Hall–Kier alpha value is -2.66. The van der Waals surface area contributed by atoms with Crippen LogP contribution in [0.15, 0.2) is 42.5 Å². The molecule has 0 bridgehead atoms. The minimum absolute atomic E-state index is 0.0592. The number of fused-ring (bicyclic) bond motifs is 5. The lowest BCUT2D eigenvalue weighted by molar-refractivity contribution is -0.0325. The van der Waals surface area contributed by atoms with Gasteiger partial charge in [-0.25, -0.2) is 0 Å². The highest BCUT2D eigenvalue weighted by atomic mass is 16.3. The van der Waals surface area contributed by atoms with Gasteiger partial charge in [0, 0.05) is 24.2 Å². The normalized spacial score (nSPS) is 33.1. The van der Waals surface area contributed by atoms with E-state index in [0.717, 1.165) is 75.6 Å². The van der Waals surface area contributed by atoms with Gasteiger partial charge >= 0.3 is 0 Å². The number of aryl methyl sites for hydroxylation is 1. The summed E-state index contributed by atoms with van der Waals surface area (Å²) in [6, 6.07) is 14.1.